The van der Waals surface area contributed by atoms with Crippen LogP contribution in [0.1, 0.15) is 11.4 Å². The maximum Gasteiger partial charge on any atom is 0.416 e. The molecular formula is C10H6Cl3F3N2. The van der Waals surface area contributed by atoms with Crippen LogP contribution >= 0.6 is 34.8 Å². The number of imidazole rings is 1. The summed E-state index contributed by atoms with van der Waals surface area (Å²) in [6.45, 7) is 0. The highest BCUT2D eigenvalue weighted by Gasteiger charge is 2.33. The van der Waals surface area contributed by atoms with Crippen LogP contribution in [0.2, 0.25) is 0 Å². The fourth-order valence-electron chi connectivity index (χ4n) is 1.63. The molecule has 0 atom stereocenters. The van der Waals surface area contributed by atoms with E-state index in [4.69, 9.17) is 34.8 Å². The summed E-state index contributed by atoms with van der Waals surface area (Å²) in [6.07, 6.45) is -4.42. The second-order valence-corrected chi connectivity index (χ2v) is 5.97. The molecule has 0 saturated heterocycles. The SMILES string of the molecule is Cn1c(C(Cl)(Cl)Cl)nc2cc(C(F)(F)F)ccc21. The van der Waals surface area contributed by atoms with Crippen LogP contribution in [0.15, 0.2) is 18.2 Å². The van der Waals surface area contributed by atoms with Gasteiger partial charge in [0.2, 0.25) is 3.79 Å². The third-order valence-corrected chi connectivity index (χ3v) is 2.97. The molecule has 0 radical (unpaired) electrons. The van der Waals surface area contributed by atoms with Gasteiger partial charge >= 0.3 is 6.18 Å². The molecule has 1 heterocycles. The molecule has 0 spiro atoms. The predicted octanol–water partition coefficient (Wildman–Crippen LogP) is 4.42. The summed E-state index contributed by atoms with van der Waals surface area (Å²) in [5.41, 5.74) is -0.193. The highest BCUT2D eigenvalue weighted by Crippen LogP contribution is 2.39. The van der Waals surface area contributed by atoms with Crippen molar-refractivity contribution in [1.29, 1.82) is 0 Å². The van der Waals surface area contributed by atoms with E-state index in [0.717, 1.165) is 12.1 Å². The average molecular weight is 318 g/mol. The van der Waals surface area contributed by atoms with Gasteiger partial charge in [0.05, 0.1) is 16.6 Å². The van der Waals surface area contributed by atoms with E-state index < -0.39 is 15.5 Å². The smallest absolute Gasteiger partial charge is 0.327 e. The summed E-state index contributed by atoms with van der Waals surface area (Å²) < 4.78 is 37.3. The molecule has 1 aromatic heterocycles. The molecular weight excluding hydrogens is 311 g/mol. The quantitative estimate of drug-likeness (QED) is 0.658. The molecule has 0 fully saturated rings. The number of rotatable bonds is 0. The average Bonchev–Trinajstić information content (AvgIpc) is 2.54. The van der Waals surface area contributed by atoms with Gasteiger partial charge in [0, 0.05) is 7.05 Å². The standard InChI is InChI=1S/C10H6Cl3F3N2/c1-18-7-3-2-5(10(14,15)16)4-6(7)17-8(18)9(11,12)13/h2-4H,1H3. The molecule has 0 aliphatic carbocycles. The molecule has 0 aliphatic heterocycles. The topological polar surface area (TPSA) is 17.8 Å². The number of alkyl halides is 6. The highest BCUT2D eigenvalue weighted by molar-refractivity contribution is 6.66. The van der Waals surface area contributed by atoms with Gasteiger partial charge < -0.3 is 4.57 Å². The van der Waals surface area contributed by atoms with Crippen LogP contribution in [0.25, 0.3) is 11.0 Å². The van der Waals surface area contributed by atoms with E-state index in [1.54, 1.807) is 7.05 Å². The van der Waals surface area contributed by atoms with Crippen molar-refractivity contribution in [3.8, 4) is 0 Å². The van der Waals surface area contributed by atoms with Crippen molar-refractivity contribution in [3.05, 3.63) is 29.6 Å². The number of fused-ring (bicyclic) bond motifs is 1. The van der Waals surface area contributed by atoms with Gasteiger partial charge in [-0.15, -0.1) is 0 Å². The maximum absolute atomic E-state index is 12.5. The molecule has 8 heteroatoms. The largest absolute Gasteiger partial charge is 0.416 e. The van der Waals surface area contributed by atoms with Crippen molar-refractivity contribution < 1.29 is 13.2 Å². The minimum Gasteiger partial charge on any atom is -0.327 e. The fraction of sp³-hybridized carbons (Fsp3) is 0.300. The molecule has 0 amide bonds. The molecule has 0 aliphatic rings. The number of benzene rings is 1. The van der Waals surface area contributed by atoms with E-state index in [1.807, 2.05) is 0 Å². The summed E-state index contributed by atoms with van der Waals surface area (Å²) in [5.74, 6) is 0.0711. The lowest BCUT2D eigenvalue weighted by atomic mass is 10.2. The van der Waals surface area contributed by atoms with Gasteiger partial charge in [-0.2, -0.15) is 13.2 Å². The summed E-state index contributed by atoms with van der Waals surface area (Å²) in [7, 11) is 1.57. The summed E-state index contributed by atoms with van der Waals surface area (Å²) in [5, 5.41) is 0. The molecule has 0 N–H and O–H groups in total. The Morgan fingerprint density at radius 3 is 2.28 bits per heavy atom. The first-order chi connectivity index (χ1) is 8.10. The van der Waals surface area contributed by atoms with Gasteiger partial charge in [-0.05, 0) is 18.2 Å². The monoisotopic (exact) mass is 316 g/mol. The Balaban J connectivity index is 2.67. The van der Waals surface area contributed by atoms with E-state index >= 15 is 0 Å². The summed E-state index contributed by atoms with van der Waals surface area (Å²) in [4.78, 5) is 3.92. The van der Waals surface area contributed by atoms with Gasteiger partial charge in [-0.3, -0.25) is 0 Å². The Kier molecular flexibility index (Phi) is 3.20. The van der Waals surface area contributed by atoms with Crippen LogP contribution in [-0.2, 0) is 17.0 Å². The number of hydrogen-bond donors (Lipinski definition) is 0. The highest BCUT2D eigenvalue weighted by atomic mass is 35.6. The third-order valence-electron chi connectivity index (χ3n) is 2.46. The van der Waals surface area contributed by atoms with Crippen molar-refractivity contribution >= 4 is 45.8 Å². The van der Waals surface area contributed by atoms with Crippen LogP contribution in [0.3, 0.4) is 0 Å². The molecule has 2 nitrogen and oxygen atoms in total. The van der Waals surface area contributed by atoms with Crippen LogP contribution in [0, 0.1) is 0 Å². The first-order valence-corrected chi connectivity index (χ1v) is 5.85. The van der Waals surface area contributed by atoms with Gasteiger partial charge in [0.25, 0.3) is 0 Å². The van der Waals surface area contributed by atoms with Gasteiger partial charge in [-0.25, -0.2) is 4.98 Å². The van der Waals surface area contributed by atoms with Crippen molar-refractivity contribution in [2.45, 2.75) is 9.97 Å². The molecule has 0 saturated carbocycles. The molecule has 2 rings (SSSR count). The second kappa shape index (κ2) is 4.18. The number of halogens is 6. The first kappa shape index (κ1) is 13.8. The zero-order chi connectivity index (χ0) is 13.7. The number of nitrogens with zero attached hydrogens (tertiary/aromatic N) is 2. The molecule has 2 aromatic rings. The van der Waals surface area contributed by atoms with E-state index in [0.29, 0.717) is 5.52 Å². The lowest BCUT2D eigenvalue weighted by molar-refractivity contribution is -0.137. The molecule has 1 aromatic carbocycles. The van der Waals surface area contributed by atoms with E-state index in [-0.39, 0.29) is 11.3 Å². The van der Waals surface area contributed by atoms with E-state index in [9.17, 15) is 13.2 Å². The third kappa shape index (κ3) is 2.39. The van der Waals surface area contributed by atoms with Crippen LogP contribution < -0.4 is 0 Å². The van der Waals surface area contributed by atoms with Crippen molar-refractivity contribution in [3.63, 3.8) is 0 Å². The molecule has 0 unspecified atom stereocenters. The van der Waals surface area contributed by atoms with E-state index in [2.05, 4.69) is 4.98 Å². The van der Waals surface area contributed by atoms with Crippen molar-refractivity contribution in [1.82, 2.24) is 9.55 Å². The zero-order valence-electron chi connectivity index (χ0n) is 8.89. The number of hydrogen-bond acceptors (Lipinski definition) is 1. The van der Waals surface area contributed by atoms with Crippen molar-refractivity contribution in [2.24, 2.45) is 7.05 Å². The van der Waals surface area contributed by atoms with Gasteiger partial charge in [0.15, 0.2) is 5.82 Å². The second-order valence-electron chi connectivity index (χ2n) is 3.69. The lowest BCUT2D eigenvalue weighted by Crippen LogP contribution is -2.08. The Bertz CT molecular complexity index is 599. The molecule has 18 heavy (non-hydrogen) atoms. The zero-order valence-corrected chi connectivity index (χ0v) is 11.2. The predicted molar refractivity (Wildman–Crippen MR) is 65.0 cm³/mol. The first-order valence-electron chi connectivity index (χ1n) is 4.71. The summed E-state index contributed by atoms with van der Waals surface area (Å²) in [6, 6.07) is 3.19. The maximum atomic E-state index is 12.5. The number of aromatic nitrogens is 2. The minimum atomic E-state index is -4.42. The van der Waals surface area contributed by atoms with Crippen molar-refractivity contribution in [2.75, 3.05) is 0 Å². The Morgan fingerprint density at radius 2 is 1.78 bits per heavy atom. The minimum absolute atomic E-state index is 0.0711. The van der Waals surface area contributed by atoms with E-state index in [1.165, 1.54) is 10.6 Å². The normalized spacial score (nSPS) is 13.3. The number of aryl methyl sites for hydroxylation is 1. The summed E-state index contributed by atoms with van der Waals surface area (Å²) >= 11 is 17.1. The van der Waals surface area contributed by atoms with Crippen LogP contribution in [0.5, 0.6) is 0 Å². The van der Waals surface area contributed by atoms with Gasteiger partial charge in [-0.1, -0.05) is 34.8 Å². The van der Waals surface area contributed by atoms with Gasteiger partial charge in [0.1, 0.15) is 0 Å². The molecule has 98 valence electrons. The Hall–Kier alpha value is -0.650. The lowest BCUT2D eigenvalue weighted by Gasteiger charge is -2.09. The Morgan fingerprint density at radius 1 is 1.17 bits per heavy atom. The van der Waals surface area contributed by atoms with Crippen LogP contribution in [-0.4, -0.2) is 9.55 Å². The van der Waals surface area contributed by atoms with Crippen LogP contribution in [0.4, 0.5) is 13.2 Å². The molecule has 0 bridgehead atoms. The Labute approximate surface area is 115 Å². The fourth-order valence-corrected chi connectivity index (χ4v) is 2.14.